The predicted molar refractivity (Wildman–Crippen MR) is 91.8 cm³/mol. The molecular formula is C17H16ClN3S. The molecular weight excluding hydrogens is 314 g/mol. The highest BCUT2D eigenvalue weighted by atomic mass is 35.5. The molecule has 0 radical (unpaired) electrons. The van der Waals surface area contributed by atoms with E-state index in [4.69, 9.17) is 11.6 Å². The molecule has 22 heavy (non-hydrogen) atoms. The van der Waals surface area contributed by atoms with Gasteiger partial charge in [-0.25, -0.2) is 0 Å². The molecule has 0 bridgehead atoms. The first-order valence-electron chi connectivity index (χ1n) is 7.00. The van der Waals surface area contributed by atoms with Crippen molar-refractivity contribution in [3.8, 4) is 5.69 Å². The molecule has 0 unspecified atom stereocenters. The number of rotatable bonds is 4. The van der Waals surface area contributed by atoms with Gasteiger partial charge in [0, 0.05) is 16.5 Å². The maximum atomic E-state index is 5.96. The molecule has 112 valence electrons. The van der Waals surface area contributed by atoms with Crippen LogP contribution in [0.1, 0.15) is 17.0 Å². The lowest BCUT2D eigenvalue weighted by atomic mass is 10.2. The largest absolute Gasteiger partial charge is 0.274 e. The number of aryl methyl sites for hydroxylation is 2. The molecule has 0 N–H and O–H groups in total. The van der Waals surface area contributed by atoms with Crippen LogP contribution in [0.4, 0.5) is 0 Å². The fourth-order valence-electron chi connectivity index (χ4n) is 2.27. The highest BCUT2D eigenvalue weighted by Crippen LogP contribution is 2.26. The average molecular weight is 330 g/mol. The second-order valence-electron chi connectivity index (χ2n) is 5.12. The predicted octanol–water partition coefficient (Wildman–Crippen LogP) is 4.83. The van der Waals surface area contributed by atoms with Gasteiger partial charge in [-0.3, -0.25) is 4.57 Å². The minimum atomic E-state index is 0.725. The number of hydrogen-bond acceptors (Lipinski definition) is 3. The summed E-state index contributed by atoms with van der Waals surface area (Å²) in [5, 5.41) is 10.1. The van der Waals surface area contributed by atoms with Crippen molar-refractivity contribution >= 4 is 23.4 Å². The van der Waals surface area contributed by atoms with Gasteiger partial charge in [0.2, 0.25) is 0 Å². The Labute approximate surface area is 139 Å². The van der Waals surface area contributed by atoms with E-state index in [2.05, 4.69) is 46.0 Å². The molecule has 3 nitrogen and oxygen atoms in total. The monoisotopic (exact) mass is 329 g/mol. The van der Waals surface area contributed by atoms with Crippen LogP contribution >= 0.6 is 23.4 Å². The minimum Gasteiger partial charge on any atom is -0.274 e. The van der Waals surface area contributed by atoms with Gasteiger partial charge in [0.15, 0.2) is 5.16 Å². The summed E-state index contributed by atoms with van der Waals surface area (Å²) in [7, 11) is 0. The summed E-state index contributed by atoms with van der Waals surface area (Å²) in [4.78, 5) is 0. The molecule has 3 rings (SSSR count). The molecule has 0 spiro atoms. The van der Waals surface area contributed by atoms with Crippen LogP contribution in [0.5, 0.6) is 0 Å². The van der Waals surface area contributed by atoms with Crippen molar-refractivity contribution in [3.05, 3.63) is 70.5 Å². The zero-order valence-electron chi connectivity index (χ0n) is 12.5. The summed E-state index contributed by atoms with van der Waals surface area (Å²) in [6, 6.07) is 16.2. The van der Waals surface area contributed by atoms with Gasteiger partial charge >= 0.3 is 0 Å². The third-order valence-corrected chi connectivity index (χ3v) is 4.58. The molecule has 0 aliphatic heterocycles. The van der Waals surface area contributed by atoms with E-state index >= 15 is 0 Å². The normalized spacial score (nSPS) is 10.9. The molecule has 0 saturated heterocycles. The zero-order valence-corrected chi connectivity index (χ0v) is 14.0. The van der Waals surface area contributed by atoms with Crippen LogP contribution < -0.4 is 0 Å². The van der Waals surface area contributed by atoms with Crippen LogP contribution in [0.2, 0.25) is 5.02 Å². The maximum absolute atomic E-state index is 5.96. The lowest BCUT2D eigenvalue weighted by Crippen LogP contribution is -1.99. The Morgan fingerprint density at radius 3 is 2.55 bits per heavy atom. The van der Waals surface area contributed by atoms with E-state index in [0.29, 0.717) is 0 Å². The Bertz CT molecular complexity index is 781. The van der Waals surface area contributed by atoms with Gasteiger partial charge in [-0.15, -0.1) is 10.2 Å². The van der Waals surface area contributed by atoms with Gasteiger partial charge in [-0.2, -0.15) is 0 Å². The molecule has 0 aliphatic rings. The summed E-state index contributed by atoms with van der Waals surface area (Å²) < 4.78 is 2.05. The molecule has 1 heterocycles. The van der Waals surface area contributed by atoms with E-state index in [1.807, 2.05) is 31.2 Å². The van der Waals surface area contributed by atoms with Crippen molar-refractivity contribution in [1.82, 2.24) is 14.8 Å². The second-order valence-corrected chi connectivity index (χ2v) is 6.50. The minimum absolute atomic E-state index is 0.725. The number of aromatic nitrogens is 3. The molecule has 0 amide bonds. The average Bonchev–Trinajstić information content (AvgIpc) is 2.87. The van der Waals surface area contributed by atoms with Crippen molar-refractivity contribution in [2.24, 2.45) is 0 Å². The summed E-state index contributed by atoms with van der Waals surface area (Å²) in [5.41, 5.74) is 3.58. The van der Waals surface area contributed by atoms with Gasteiger partial charge in [0.05, 0.1) is 0 Å². The van der Waals surface area contributed by atoms with Gasteiger partial charge in [-0.05, 0) is 43.7 Å². The second kappa shape index (κ2) is 6.55. The number of hydrogen-bond donors (Lipinski definition) is 0. The third kappa shape index (κ3) is 3.34. The van der Waals surface area contributed by atoms with Crippen molar-refractivity contribution in [2.45, 2.75) is 24.8 Å². The fourth-order valence-corrected chi connectivity index (χ4v) is 3.34. The van der Waals surface area contributed by atoms with E-state index in [1.165, 1.54) is 11.1 Å². The standard InChI is InChI=1S/C17H16ClN3S/c1-12-4-3-5-14(10-12)11-22-17-20-19-13(2)21(17)16-8-6-15(18)7-9-16/h3-10H,11H2,1-2H3. The maximum Gasteiger partial charge on any atom is 0.196 e. The number of thioether (sulfide) groups is 1. The Balaban J connectivity index is 1.84. The van der Waals surface area contributed by atoms with Gasteiger partial charge in [-0.1, -0.05) is 53.2 Å². The summed E-state index contributed by atoms with van der Waals surface area (Å²) in [6.07, 6.45) is 0. The summed E-state index contributed by atoms with van der Waals surface area (Å²) in [5.74, 6) is 1.74. The first kappa shape index (κ1) is 15.1. The van der Waals surface area contributed by atoms with Crippen LogP contribution in [0.15, 0.2) is 53.7 Å². The Morgan fingerprint density at radius 2 is 1.82 bits per heavy atom. The van der Waals surface area contributed by atoms with E-state index < -0.39 is 0 Å². The lowest BCUT2D eigenvalue weighted by molar-refractivity contribution is 0.868. The summed E-state index contributed by atoms with van der Waals surface area (Å²) in [6.45, 7) is 4.06. The zero-order chi connectivity index (χ0) is 15.5. The van der Waals surface area contributed by atoms with E-state index in [-0.39, 0.29) is 0 Å². The van der Waals surface area contributed by atoms with Crippen LogP contribution in [0.3, 0.4) is 0 Å². The number of halogens is 1. The molecule has 5 heteroatoms. The quantitative estimate of drug-likeness (QED) is 0.642. The van der Waals surface area contributed by atoms with Crippen molar-refractivity contribution in [2.75, 3.05) is 0 Å². The van der Waals surface area contributed by atoms with E-state index in [0.717, 1.165) is 27.4 Å². The van der Waals surface area contributed by atoms with Crippen molar-refractivity contribution < 1.29 is 0 Å². The molecule has 0 saturated carbocycles. The fraction of sp³-hybridized carbons (Fsp3) is 0.176. The summed E-state index contributed by atoms with van der Waals surface area (Å²) >= 11 is 7.65. The van der Waals surface area contributed by atoms with Crippen molar-refractivity contribution in [1.29, 1.82) is 0 Å². The molecule has 0 atom stereocenters. The van der Waals surface area contributed by atoms with E-state index in [1.54, 1.807) is 11.8 Å². The number of nitrogens with zero attached hydrogens (tertiary/aromatic N) is 3. The van der Waals surface area contributed by atoms with Crippen LogP contribution in [-0.4, -0.2) is 14.8 Å². The van der Waals surface area contributed by atoms with E-state index in [9.17, 15) is 0 Å². The lowest BCUT2D eigenvalue weighted by Gasteiger charge is -2.08. The third-order valence-electron chi connectivity index (χ3n) is 3.33. The molecule has 0 fully saturated rings. The smallest absolute Gasteiger partial charge is 0.196 e. The molecule has 3 aromatic rings. The Morgan fingerprint density at radius 1 is 1.05 bits per heavy atom. The van der Waals surface area contributed by atoms with Gasteiger partial charge < -0.3 is 0 Å². The molecule has 1 aromatic heterocycles. The van der Waals surface area contributed by atoms with Crippen LogP contribution in [-0.2, 0) is 5.75 Å². The Kier molecular flexibility index (Phi) is 4.50. The topological polar surface area (TPSA) is 30.7 Å². The Hall–Kier alpha value is -1.78. The van der Waals surface area contributed by atoms with Gasteiger partial charge in [0.1, 0.15) is 5.82 Å². The first-order valence-corrected chi connectivity index (χ1v) is 8.36. The van der Waals surface area contributed by atoms with Gasteiger partial charge in [0.25, 0.3) is 0 Å². The number of benzene rings is 2. The van der Waals surface area contributed by atoms with Crippen molar-refractivity contribution in [3.63, 3.8) is 0 Å². The highest BCUT2D eigenvalue weighted by Gasteiger charge is 2.11. The SMILES string of the molecule is Cc1cccc(CSc2nnc(C)n2-c2ccc(Cl)cc2)c1. The first-order chi connectivity index (χ1) is 10.6. The molecule has 2 aromatic carbocycles. The molecule has 0 aliphatic carbocycles. The van der Waals surface area contributed by atoms with Crippen LogP contribution in [0, 0.1) is 13.8 Å². The highest BCUT2D eigenvalue weighted by molar-refractivity contribution is 7.98. The van der Waals surface area contributed by atoms with Crippen LogP contribution in [0.25, 0.3) is 5.69 Å².